The number of amides is 1. The van der Waals surface area contributed by atoms with E-state index >= 15 is 0 Å². The molecule has 0 radical (unpaired) electrons. The molecule has 0 aliphatic heterocycles. The highest BCUT2D eigenvalue weighted by Crippen LogP contribution is 2.32. The summed E-state index contributed by atoms with van der Waals surface area (Å²) < 4.78 is 0. The minimum absolute atomic E-state index is 0.0602. The van der Waals surface area contributed by atoms with Gasteiger partial charge < -0.3 is 10.4 Å². The van der Waals surface area contributed by atoms with E-state index in [2.05, 4.69) is 5.32 Å². The number of carbonyl (C=O) groups excluding carboxylic acids is 1. The van der Waals surface area contributed by atoms with Gasteiger partial charge >= 0.3 is 0 Å². The molecule has 114 valence electrons. The third-order valence-electron chi connectivity index (χ3n) is 3.73. The summed E-state index contributed by atoms with van der Waals surface area (Å²) in [6.45, 7) is 0. The molecule has 6 nitrogen and oxygen atoms in total. The predicted octanol–water partition coefficient (Wildman–Crippen LogP) is 2.86. The summed E-state index contributed by atoms with van der Waals surface area (Å²) in [7, 11) is 0. The Balaban J connectivity index is 1.87. The molecule has 1 heterocycles. The molecule has 0 bridgehead atoms. The van der Waals surface area contributed by atoms with Crippen molar-refractivity contribution in [3.05, 3.63) is 49.7 Å². The predicted molar refractivity (Wildman–Crippen MR) is 81.5 cm³/mol. The highest BCUT2D eigenvalue weighted by molar-refractivity contribution is 7.10. The van der Waals surface area contributed by atoms with Gasteiger partial charge in [0.1, 0.15) is 0 Å². The van der Waals surface area contributed by atoms with Crippen LogP contribution in [-0.4, -0.2) is 10.8 Å². The number of carbonyl (C=O) groups is 1. The molecular formula is C15H13N2O4S-. The van der Waals surface area contributed by atoms with Crippen LogP contribution in [0.4, 0.5) is 11.4 Å². The maximum atomic E-state index is 12.4. The first kappa shape index (κ1) is 14.5. The summed E-state index contributed by atoms with van der Waals surface area (Å²) >= 11 is 1.56. The Kier molecular flexibility index (Phi) is 3.81. The lowest BCUT2D eigenvalue weighted by atomic mass is 9.95. The van der Waals surface area contributed by atoms with E-state index in [1.165, 1.54) is 4.88 Å². The number of aryl methyl sites for hydroxylation is 1. The van der Waals surface area contributed by atoms with Gasteiger partial charge in [-0.15, -0.1) is 11.3 Å². The van der Waals surface area contributed by atoms with Crippen LogP contribution in [0.25, 0.3) is 0 Å². The summed E-state index contributed by atoms with van der Waals surface area (Å²) in [6, 6.07) is 3.32. The highest BCUT2D eigenvalue weighted by atomic mass is 32.1. The molecule has 0 fully saturated rings. The average molecular weight is 317 g/mol. The summed E-state index contributed by atoms with van der Waals surface area (Å²) in [6.07, 6.45) is 4.02. The minimum atomic E-state index is -0.596. The molecule has 1 aliphatic rings. The standard InChI is InChI=1S/C15H14N2O4S/c18-13-6-5-9(17(20)21)7-12(13)16-15(19)11-8-22-14-4-2-1-3-10(11)14/h5-8,18H,1-4H2,(H,16,19)/p-1. The van der Waals surface area contributed by atoms with E-state index in [4.69, 9.17) is 0 Å². The Bertz CT molecular complexity index is 754. The molecule has 0 unspecified atom stereocenters. The number of rotatable bonds is 3. The molecule has 0 spiro atoms. The van der Waals surface area contributed by atoms with Crippen molar-refractivity contribution in [3.63, 3.8) is 0 Å². The molecular weight excluding hydrogens is 304 g/mol. The van der Waals surface area contributed by atoms with E-state index in [-0.39, 0.29) is 17.3 Å². The van der Waals surface area contributed by atoms with E-state index < -0.39 is 10.7 Å². The van der Waals surface area contributed by atoms with Crippen LogP contribution < -0.4 is 10.4 Å². The Morgan fingerprint density at radius 2 is 2.05 bits per heavy atom. The van der Waals surface area contributed by atoms with E-state index in [1.54, 1.807) is 16.7 Å². The molecule has 1 amide bonds. The maximum Gasteiger partial charge on any atom is 0.271 e. The quantitative estimate of drug-likeness (QED) is 0.695. The zero-order chi connectivity index (χ0) is 15.7. The third kappa shape index (κ3) is 2.67. The normalized spacial score (nSPS) is 13.5. The Labute approximate surface area is 130 Å². The minimum Gasteiger partial charge on any atom is -0.871 e. The Morgan fingerprint density at radius 1 is 1.27 bits per heavy atom. The summed E-state index contributed by atoms with van der Waals surface area (Å²) in [4.78, 5) is 23.8. The third-order valence-corrected chi connectivity index (χ3v) is 4.82. The van der Waals surface area contributed by atoms with Crippen molar-refractivity contribution >= 4 is 28.6 Å². The lowest BCUT2D eigenvalue weighted by molar-refractivity contribution is -0.385. The molecule has 1 aromatic carbocycles. The number of benzene rings is 1. The van der Waals surface area contributed by atoms with Crippen LogP contribution in [0, 0.1) is 10.1 Å². The van der Waals surface area contributed by atoms with Crippen molar-refractivity contribution in [2.45, 2.75) is 25.7 Å². The number of non-ortho nitro benzene ring substituents is 1. The van der Waals surface area contributed by atoms with E-state index in [1.807, 2.05) is 0 Å². The van der Waals surface area contributed by atoms with Crippen LogP contribution in [-0.2, 0) is 12.8 Å². The fourth-order valence-corrected chi connectivity index (χ4v) is 3.73. The summed E-state index contributed by atoms with van der Waals surface area (Å²) in [5.41, 5.74) is 1.34. The highest BCUT2D eigenvalue weighted by Gasteiger charge is 2.20. The zero-order valence-corrected chi connectivity index (χ0v) is 12.4. The smallest absolute Gasteiger partial charge is 0.271 e. The van der Waals surface area contributed by atoms with Gasteiger partial charge in [-0.05, 0) is 31.2 Å². The first-order valence-electron chi connectivity index (χ1n) is 6.92. The van der Waals surface area contributed by atoms with Gasteiger partial charge in [0.15, 0.2) is 0 Å². The van der Waals surface area contributed by atoms with Gasteiger partial charge in [-0.1, -0.05) is 11.8 Å². The molecule has 3 rings (SSSR count). The largest absolute Gasteiger partial charge is 0.871 e. The molecule has 22 heavy (non-hydrogen) atoms. The lowest BCUT2D eigenvalue weighted by Gasteiger charge is -2.15. The molecule has 1 N–H and O–H groups in total. The fourth-order valence-electron chi connectivity index (χ4n) is 2.60. The van der Waals surface area contributed by atoms with Crippen molar-refractivity contribution in [1.82, 2.24) is 0 Å². The van der Waals surface area contributed by atoms with Crippen molar-refractivity contribution in [1.29, 1.82) is 0 Å². The molecule has 1 aromatic heterocycles. The van der Waals surface area contributed by atoms with Gasteiger partial charge in [-0.2, -0.15) is 0 Å². The number of hydrogen-bond donors (Lipinski definition) is 1. The SMILES string of the molecule is O=C(Nc1cc([N+](=O)[O-])ccc1[O-])c1csc2c1CCCC2. The number of anilines is 1. The second-order valence-electron chi connectivity index (χ2n) is 5.15. The van der Waals surface area contributed by atoms with Crippen molar-refractivity contribution < 1.29 is 14.8 Å². The number of thiophene rings is 1. The second-order valence-corrected chi connectivity index (χ2v) is 6.11. The van der Waals surface area contributed by atoms with Crippen LogP contribution in [0.3, 0.4) is 0 Å². The number of nitro groups is 1. The molecule has 0 saturated heterocycles. The number of nitro benzene ring substituents is 1. The first-order valence-corrected chi connectivity index (χ1v) is 7.80. The molecule has 0 atom stereocenters. The van der Waals surface area contributed by atoms with Gasteiger partial charge in [0.25, 0.3) is 11.6 Å². The Morgan fingerprint density at radius 3 is 2.82 bits per heavy atom. The van der Waals surface area contributed by atoms with Crippen LogP contribution in [0.1, 0.15) is 33.6 Å². The fraction of sp³-hybridized carbons (Fsp3) is 0.267. The van der Waals surface area contributed by atoms with E-state index in [0.717, 1.165) is 49.4 Å². The summed E-state index contributed by atoms with van der Waals surface area (Å²) in [5.74, 6) is -0.819. The number of nitrogens with zero attached hydrogens (tertiary/aromatic N) is 1. The molecule has 1 aliphatic carbocycles. The van der Waals surface area contributed by atoms with Crippen LogP contribution in [0.2, 0.25) is 0 Å². The van der Waals surface area contributed by atoms with Gasteiger partial charge in [0.2, 0.25) is 0 Å². The van der Waals surface area contributed by atoms with E-state index in [0.29, 0.717) is 5.56 Å². The van der Waals surface area contributed by atoms with Crippen LogP contribution in [0.5, 0.6) is 5.75 Å². The molecule has 7 heteroatoms. The van der Waals surface area contributed by atoms with Crippen LogP contribution in [0.15, 0.2) is 23.6 Å². The van der Waals surface area contributed by atoms with Crippen LogP contribution >= 0.6 is 11.3 Å². The first-order chi connectivity index (χ1) is 10.6. The zero-order valence-electron chi connectivity index (χ0n) is 11.6. The number of hydrogen-bond acceptors (Lipinski definition) is 5. The maximum absolute atomic E-state index is 12.4. The van der Waals surface area contributed by atoms with Crippen molar-refractivity contribution in [2.75, 3.05) is 5.32 Å². The Hall–Kier alpha value is -2.41. The lowest BCUT2D eigenvalue weighted by Crippen LogP contribution is -2.15. The van der Waals surface area contributed by atoms with Gasteiger partial charge in [-0.25, -0.2) is 0 Å². The summed E-state index contributed by atoms with van der Waals surface area (Å²) in [5, 5.41) is 26.8. The van der Waals surface area contributed by atoms with Crippen molar-refractivity contribution in [2.24, 2.45) is 0 Å². The van der Waals surface area contributed by atoms with Gasteiger partial charge in [0.05, 0.1) is 10.5 Å². The van der Waals surface area contributed by atoms with Gasteiger partial charge in [0, 0.05) is 28.1 Å². The number of nitrogens with one attached hydrogen (secondary N) is 1. The van der Waals surface area contributed by atoms with Gasteiger partial charge in [-0.3, -0.25) is 14.9 Å². The topological polar surface area (TPSA) is 95.3 Å². The van der Waals surface area contributed by atoms with E-state index in [9.17, 15) is 20.0 Å². The number of fused-ring (bicyclic) bond motifs is 1. The van der Waals surface area contributed by atoms with Crippen molar-refractivity contribution in [3.8, 4) is 5.75 Å². The second kappa shape index (κ2) is 5.76. The molecule has 2 aromatic rings. The average Bonchev–Trinajstić information content (AvgIpc) is 2.93. The monoisotopic (exact) mass is 317 g/mol. The molecule has 0 saturated carbocycles.